The van der Waals surface area contributed by atoms with Crippen LogP contribution in [-0.2, 0) is 0 Å². The van der Waals surface area contributed by atoms with E-state index in [-0.39, 0.29) is 25.1 Å². The normalized spacial score (nSPS) is 11.8. The van der Waals surface area contributed by atoms with E-state index in [0.717, 1.165) is 17.7 Å². The van der Waals surface area contributed by atoms with E-state index in [1.807, 2.05) is 32.0 Å². The summed E-state index contributed by atoms with van der Waals surface area (Å²) in [4.78, 5) is 0. The molecule has 0 aliphatic carbocycles. The number of aryl methyl sites for hydroxylation is 1. The van der Waals surface area contributed by atoms with Crippen molar-refractivity contribution >= 4 is 24.0 Å². The molecule has 1 rings (SSSR count). The van der Waals surface area contributed by atoms with Gasteiger partial charge < -0.3 is 15.2 Å². The van der Waals surface area contributed by atoms with E-state index in [2.05, 4.69) is 5.32 Å². The number of ether oxygens (including phenoxy) is 1. The van der Waals surface area contributed by atoms with Crippen LogP contribution in [0.1, 0.15) is 18.9 Å². The third kappa shape index (κ3) is 5.44. The van der Waals surface area contributed by atoms with Gasteiger partial charge in [0.15, 0.2) is 0 Å². The highest BCUT2D eigenvalue weighted by atomic mass is 35.5. The van der Waals surface area contributed by atoms with E-state index in [9.17, 15) is 0 Å². The molecule has 1 unspecified atom stereocenters. The number of hydrogen-bond donors (Lipinski definition) is 2. The Kier molecular flexibility index (Phi) is 9.20. The van der Waals surface area contributed by atoms with Gasteiger partial charge in [0.1, 0.15) is 12.4 Å². The van der Waals surface area contributed by atoms with E-state index < -0.39 is 0 Å². The summed E-state index contributed by atoms with van der Waals surface area (Å²) >= 11 is 6.04. The molecule has 0 saturated heterocycles. The van der Waals surface area contributed by atoms with E-state index >= 15 is 0 Å². The van der Waals surface area contributed by atoms with Crippen LogP contribution in [-0.4, -0.2) is 30.9 Å². The van der Waals surface area contributed by atoms with Gasteiger partial charge in [-0.3, -0.25) is 0 Å². The standard InChI is InChI=1S/C13H20ClNO2.ClH/c1-3-11(9-16)15-7-8-17-13-10(2)5-4-6-12(13)14;/h4-6,11,15-16H,3,7-9H2,1-2H3;1H. The third-order valence-corrected chi connectivity index (χ3v) is 2.96. The van der Waals surface area contributed by atoms with E-state index in [1.54, 1.807) is 0 Å². The summed E-state index contributed by atoms with van der Waals surface area (Å²) in [5.74, 6) is 0.744. The molecule has 0 radical (unpaired) electrons. The van der Waals surface area contributed by atoms with Gasteiger partial charge in [0.05, 0.1) is 11.6 Å². The smallest absolute Gasteiger partial charge is 0.140 e. The molecule has 0 bridgehead atoms. The molecular weight excluding hydrogens is 273 g/mol. The van der Waals surface area contributed by atoms with Gasteiger partial charge in [-0.2, -0.15) is 0 Å². The number of benzene rings is 1. The topological polar surface area (TPSA) is 41.5 Å². The predicted octanol–water partition coefficient (Wildman–Crippen LogP) is 2.81. The van der Waals surface area contributed by atoms with Crippen LogP contribution >= 0.6 is 24.0 Å². The Bertz CT molecular complexity index is 324. The van der Waals surface area contributed by atoms with Gasteiger partial charge in [0.25, 0.3) is 0 Å². The number of rotatable bonds is 7. The number of aliphatic hydroxyl groups is 1. The zero-order valence-corrected chi connectivity index (χ0v) is 12.4. The number of nitrogens with one attached hydrogen (secondary N) is 1. The van der Waals surface area contributed by atoms with E-state index in [4.69, 9.17) is 21.4 Å². The number of hydrogen-bond acceptors (Lipinski definition) is 3. The van der Waals surface area contributed by atoms with Crippen molar-refractivity contribution < 1.29 is 9.84 Å². The summed E-state index contributed by atoms with van der Waals surface area (Å²) in [6, 6.07) is 5.84. The molecule has 2 N–H and O–H groups in total. The fourth-order valence-electron chi connectivity index (χ4n) is 1.55. The molecule has 0 aromatic heterocycles. The van der Waals surface area contributed by atoms with Crippen molar-refractivity contribution in [2.24, 2.45) is 0 Å². The molecule has 5 heteroatoms. The lowest BCUT2D eigenvalue weighted by Gasteiger charge is -2.15. The number of para-hydroxylation sites is 1. The van der Waals surface area contributed by atoms with Crippen molar-refractivity contribution in [1.29, 1.82) is 0 Å². The van der Waals surface area contributed by atoms with Crippen LogP contribution in [0.25, 0.3) is 0 Å². The second kappa shape index (κ2) is 9.45. The molecule has 18 heavy (non-hydrogen) atoms. The molecule has 1 atom stereocenters. The highest BCUT2D eigenvalue weighted by Crippen LogP contribution is 2.27. The van der Waals surface area contributed by atoms with Crippen molar-refractivity contribution in [3.05, 3.63) is 28.8 Å². The zero-order chi connectivity index (χ0) is 12.7. The summed E-state index contributed by atoms with van der Waals surface area (Å²) in [6.45, 7) is 5.40. The highest BCUT2D eigenvalue weighted by Gasteiger charge is 2.06. The van der Waals surface area contributed by atoms with Gasteiger partial charge in [-0.15, -0.1) is 12.4 Å². The predicted molar refractivity (Wildman–Crippen MR) is 78.1 cm³/mol. The quantitative estimate of drug-likeness (QED) is 0.760. The molecule has 3 nitrogen and oxygen atoms in total. The first kappa shape index (κ1) is 17.5. The van der Waals surface area contributed by atoms with Crippen molar-refractivity contribution in [1.82, 2.24) is 5.32 Å². The molecule has 0 spiro atoms. The van der Waals surface area contributed by atoms with Gasteiger partial charge >= 0.3 is 0 Å². The summed E-state index contributed by atoms with van der Waals surface area (Å²) in [7, 11) is 0. The van der Waals surface area contributed by atoms with Gasteiger partial charge in [-0.25, -0.2) is 0 Å². The molecule has 0 amide bonds. The minimum absolute atomic E-state index is 0. The first-order valence-electron chi connectivity index (χ1n) is 5.91. The Labute approximate surface area is 120 Å². The van der Waals surface area contributed by atoms with Crippen LogP contribution in [0.2, 0.25) is 5.02 Å². The first-order chi connectivity index (χ1) is 8.19. The summed E-state index contributed by atoms with van der Waals surface area (Å²) < 4.78 is 5.63. The lowest BCUT2D eigenvalue weighted by Crippen LogP contribution is -2.34. The lowest BCUT2D eigenvalue weighted by molar-refractivity contribution is 0.227. The lowest BCUT2D eigenvalue weighted by atomic mass is 10.2. The van der Waals surface area contributed by atoms with E-state index in [1.165, 1.54) is 0 Å². The Hall–Kier alpha value is -0.480. The monoisotopic (exact) mass is 293 g/mol. The average molecular weight is 294 g/mol. The SMILES string of the molecule is CCC(CO)NCCOc1c(C)cccc1Cl.Cl. The fourth-order valence-corrected chi connectivity index (χ4v) is 1.83. The first-order valence-corrected chi connectivity index (χ1v) is 6.29. The van der Waals surface area contributed by atoms with Gasteiger partial charge in [0, 0.05) is 12.6 Å². The molecule has 0 aliphatic heterocycles. The maximum absolute atomic E-state index is 9.01. The minimum atomic E-state index is 0. The van der Waals surface area contributed by atoms with Crippen LogP contribution in [0.4, 0.5) is 0 Å². The zero-order valence-electron chi connectivity index (χ0n) is 10.8. The molecule has 0 heterocycles. The number of aliphatic hydroxyl groups excluding tert-OH is 1. The van der Waals surface area contributed by atoms with E-state index in [0.29, 0.717) is 18.2 Å². The molecule has 0 saturated carbocycles. The Morgan fingerprint density at radius 2 is 2.17 bits per heavy atom. The molecule has 104 valence electrons. The molecule has 0 fully saturated rings. The van der Waals surface area contributed by atoms with Crippen molar-refractivity contribution in [2.45, 2.75) is 26.3 Å². The number of halogens is 2. The van der Waals surface area contributed by atoms with Crippen LogP contribution in [0.5, 0.6) is 5.75 Å². The summed E-state index contributed by atoms with van der Waals surface area (Å²) in [5.41, 5.74) is 1.03. The minimum Gasteiger partial charge on any atom is -0.490 e. The Morgan fingerprint density at radius 3 is 2.72 bits per heavy atom. The van der Waals surface area contributed by atoms with Crippen molar-refractivity contribution in [3.8, 4) is 5.75 Å². The third-order valence-electron chi connectivity index (χ3n) is 2.66. The Balaban J connectivity index is 0.00000289. The highest BCUT2D eigenvalue weighted by molar-refractivity contribution is 6.32. The van der Waals surface area contributed by atoms with Gasteiger partial charge in [-0.05, 0) is 25.0 Å². The largest absolute Gasteiger partial charge is 0.490 e. The second-order valence-electron chi connectivity index (χ2n) is 3.98. The average Bonchev–Trinajstić information content (AvgIpc) is 2.32. The summed E-state index contributed by atoms with van der Waals surface area (Å²) in [6.07, 6.45) is 0.904. The van der Waals surface area contributed by atoms with Crippen molar-refractivity contribution in [3.63, 3.8) is 0 Å². The molecule has 0 aliphatic rings. The van der Waals surface area contributed by atoms with Gasteiger partial charge in [0.2, 0.25) is 0 Å². The van der Waals surface area contributed by atoms with Crippen LogP contribution in [0.3, 0.4) is 0 Å². The molecular formula is C13H21Cl2NO2. The van der Waals surface area contributed by atoms with Crippen LogP contribution < -0.4 is 10.1 Å². The molecule has 1 aromatic rings. The fraction of sp³-hybridized carbons (Fsp3) is 0.538. The van der Waals surface area contributed by atoms with Crippen molar-refractivity contribution in [2.75, 3.05) is 19.8 Å². The van der Waals surface area contributed by atoms with Gasteiger partial charge in [-0.1, -0.05) is 30.7 Å². The van der Waals surface area contributed by atoms with Crippen LogP contribution in [0, 0.1) is 6.92 Å². The Morgan fingerprint density at radius 1 is 1.44 bits per heavy atom. The van der Waals surface area contributed by atoms with Crippen LogP contribution in [0.15, 0.2) is 18.2 Å². The second-order valence-corrected chi connectivity index (χ2v) is 4.38. The maximum atomic E-state index is 9.01. The maximum Gasteiger partial charge on any atom is 0.140 e. The molecule has 1 aromatic carbocycles. The summed E-state index contributed by atoms with van der Waals surface area (Å²) in [5, 5.41) is 12.9.